The van der Waals surface area contributed by atoms with Gasteiger partial charge in [0.15, 0.2) is 0 Å². The van der Waals surface area contributed by atoms with Crippen LogP contribution in [-0.2, 0) is 4.74 Å². The maximum Gasteiger partial charge on any atom is 0.0593 e. The standard InChI is InChI=1S/C14H32N2O/c1-7-16(8-2)9-10-17-12-14(5,6)11-15-13(3)4/h13,15H,7-12H2,1-6H3. The van der Waals surface area contributed by atoms with Gasteiger partial charge in [-0.3, -0.25) is 0 Å². The van der Waals surface area contributed by atoms with Crippen molar-refractivity contribution in [1.82, 2.24) is 10.2 Å². The van der Waals surface area contributed by atoms with Crippen LogP contribution in [0.1, 0.15) is 41.5 Å². The van der Waals surface area contributed by atoms with Gasteiger partial charge < -0.3 is 15.0 Å². The zero-order valence-corrected chi connectivity index (χ0v) is 12.7. The lowest BCUT2D eigenvalue weighted by Gasteiger charge is -2.27. The molecule has 0 aromatic carbocycles. The number of rotatable bonds is 10. The molecular formula is C14H32N2O. The zero-order valence-electron chi connectivity index (χ0n) is 12.7. The summed E-state index contributed by atoms with van der Waals surface area (Å²) >= 11 is 0. The van der Waals surface area contributed by atoms with E-state index in [4.69, 9.17) is 4.74 Å². The van der Waals surface area contributed by atoms with Gasteiger partial charge in [0.1, 0.15) is 0 Å². The summed E-state index contributed by atoms with van der Waals surface area (Å²) in [6, 6.07) is 0.546. The second-order valence-corrected chi connectivity index (χ2v) is 5.78. The summed E-state index contributed by atoms with van der Waals surface area (Å²) in [6.07, 6.45) is 0. The predicted octanol–water partition coefficient (Wildman–Crippen LogP) is 2.37. The van der Waals surface area contributed by atoms with Gasteiger partial charge in [-0.2, -0.15) is 0 Å². The highest BCUT2D eigenvalue weighted by Gasteiger charge is 2.18. The maximum absolute atomic E-state index is 5.78. The fraction of sp³-hybridized carbons (Fsp3) is 1.00. The van der Waals surface area contributed by atoms with E-state index in [0.717, 1.165) is 39.4 Å². The third-order valence-corrected chi connectivity index (χ3v) is 2.93. The van der Waals surface area contributed by atoms with E-state index in [9.17, 15) is 0 Å². The number of likely N-dealkylation sites (N-methyl/N-ethyl adjacent to an activating group) is 1. The Bertz CT molecular complexity index is 177. The Morgan fingerprint density at radius 1 is 1.18 bits per heavy atom. The van der Waals surface area contributed by atoms with Gasteiger partial charge >= 0.3 is 0 Å². The van der Waals surface area contributed by atoms with Crippen LogP contribution in [0.3, 0.4) is 0 Å². The number of nitrogens with one attached hydrogen (secondary N) is 1. The fourth-order valence-corrected chi connectivity index (χ4v) is 1.61. The SMILES string of the molecule is CCN(CC)CCOCC(C)(C)CNC(C)C. The molecule has 0 unspecified atom stereocenters. The number of nitrogens with zero attached hydrogens (tertiary/aromatic N) is 1. The normalized spacial score (nSPS) is 12.7. The van der Waals surface area contributed by atoms with E-state index in [0.29, 0.717) is 6.04 Å². The molecule has 3 nitrogen and oxygen atoms in total. The third kappa shape index (κ3) is 9.57. The molecule has 0 fully saturated rings. The summed E-state index contributed by atoms with van der Waals surface area (Å²) in [4.78, 5) is 2.39. The minimum Gasteiger partial charge on any atom is -0.380 e. The highest BCUT2D eigenvalue weighted by molar-refractivity contribution is 4.72. The van der Waals surface area contributed by atoms with E-state index >= 15 is 0 Å². The molecule has 0 saturated carbocycles. The smallest absolute Gasteiger partial charge is 0.0593 e. The molecule has 0 rings (SSSR count). The lowest BCUT2D eigenvalue weighted by atomic mass is 9.94. The van der Waals surface area contributed by atoms with Gasteiger partial charge in [0, 0.05) is 24.5 Å². The Kier molecular flexibility index (Phi) is 8.83. The summed E-state index contributed by atoms with van der Waals surface area (Å²) in [5.41, 5.74) is 0.216. The molecule has 0 aromatic heterocycles. The maximum atomic E-state index is 5.78. The average Bonchev–Trinajstić information content (AvgIpc) is 2.27. The van der Waals surface area contributed by atoms with Gasteiger partial charge in [0.05, 0.1) is 13.2 Å². The topological polar surface area (TPSA) is 24.5 Å². The molecule has 0 atom stereocenters. The molecule has 0 amide bonds. The molecule has 0 spiro atoms. The first-order chi connectivity index (χ1) is 7.91. The second-order valence-electron chi connectivity index (χ2n) is 5.78. The molecule has 0 heterocycles. The van der Waals surface area contributed by atoms with Gasteiger partial charge in [-0.25, -0.2) is 0 Å². The first-order valence-electron chi connectivity index (χ1n) is 6.94. The minimum absolute atomic E-state index is 0.216. The Morgan fingerprint density at radius 2 is 1.76 bits per heavy atom. The molecule has 0 saturated heterocycles. The molecule has 0 aliphatic heterocycles. The summed E-state index contributed by atoms with van der Waals surface area (Å²) in [7, 11) is 0. The van der Waals surface area contributed by atoms with Gasteiger partial charge in [0.25, 0.3) is 0 Å². The molecule has 0 radical (unpaired) electrons. The molecule has 3 heteroatoms. The third-order valence-electron chi connectivity index (χ3n) is 2.93. The van der Waals surface area contributed by atoms with Crippen molar-refractivity contribution < 1.29 is 4.74 Å². The van der Waals surface area contributed by atoms with E-state index < -0.39 is 0 Å². The second kappa shape index (κ2) is 8.90. The highest BCUT2D eigenvalue weighted by atomic mass is 16.5. The first-order valence-corrected chi connectivity index (χ1v) is 6.94. The molecule has 0 bridgehead atoms. The highest BCUT2D eigenvalue weighted by Crippen LogP contribution is 2.14. The number of hydrogen-bond acceptors (Lipinski definition) is 3. The lowest BCUT2D eigenvalue weighted by Crippen LogP contribution is -2.37. The monoisotopic (exact) mass is 244 g/mol. The van der Waals surface area contributed by atoms with Crippen molar-refractivity contribution >= 4 is 0 Å². The number of ether oxygens (including phenoxy) is 1. The van der Waals surface area contributed by atoms with E-state index in [2.05, 4.69) is 51.8 Å². The Labute approximate surface area is 108 Å². The van der Waals surface area contributed by atoms with Crippen LogP contribution < -0.4 is 5.32 Å². The van der Waals surface area contributed by atoms with Gasteiger partial charge in [-0.15, -0.1) is 0 Å². The van der Waals surface area contributed by atoms with Gasteiger partial charge in [0.2, 0.25) is 0 Å². The molecule has 1 N–H and O–H groups in total. The van der Waals surface area contributed by atoms with Crippen molar-refractivity contribution in [2.75, 3.05) is 39.4 Å². The van der Waals surface area contributed by atoms with Crippen molar-refractivity contribution in [2.24, 2.45) is 5.41 Å². The molecule has 0 aromatic rings. The van der Waals surface area contributed by atoms with Crippen molar-refractivity contribution in [2.45, 2.75) is 47.6 Å². The van der Waals surface area contributed by atoms with Crippen molar-refractivity contribution in [3.63, 3.8) is 0 Å². The first kappa shape index (κ1) is 16.9. The van der Waals surface area contributed by atoms with Crippen molar-refractivity contribution in [3.05, 3.63) is 0 Å². The Morgan fingerprint density at radius 3 is 2.24 bits per heavy atom. The lowest BCUT2D eigenvalue weighted by molar-refractivity contribution is 0.0480. The molecule has 17 heavy (non-hydrogen) atoms. The van der Waals surface area contributed by atoms with E-state index in [1.807, 2.05) is 0 Å². The fourth-order valence-electron chi connectivity index (χ4n) is 1.61. The van der Waals surface area contributed by atoms with Crippen LogP contribution in [0.4, 0.5) is 0 Å². The largest absolute Gasteiger partial charge is 0.380 e. The van der Waals surface area contributed by atoms with Crippen LogP contribution in [0.25, 0.3) is 0 Å². The summed E-state index contributed by atoms with van der Waals surface area (Å²) < 4.78 is 5.78. The van der Waals surface area contributed by atoms with Crippen LogP contribution in [0.5, 0.6) is 0 Å². The van der Waals surface area contributed by atoms with Crippen LogP contribution in [-0.4, -0.2) is 50.3 Å². The molecule has 104 valence electrons. The van der Waals surface area contributed by atoms with Crippen LogP contribution in [0.15, 0.2) is 0 Å². The molecule has 0 aliphatic carbocycles. The number of hydrogen-bond donors (Lipinski definition) is 1. The Hall–Kier alpha value is -0.120. The molecule has 0 aliphatic rings. The average molecular weight is 244 g/mol. The Balaban J connectivity index is 3.64. The van der Waals surface area contributed by atoms with Crippen LogP contribution in [0, 0.1) is 5.41 Å². The van der Waals surface area contributed by atoms with Crippen LogP contribution >= 0.6 is 0 Å². The zero-order chi connectivity index (χ0) is 13.3. The summed E-state index contributed by atoms with van der Waals surface area (Å²) in [5, 5.41) is 3.47. The summed E-state index contributed by atoms with van der Waals surface area (Å²) in [6.45, 7) is 19.2. The van der Waals surface area contributed by atoms with E-state index in [1.165, 1.54) is 0 Å². The minimum atomic E-state index is 0.216. The quantitative estimate of drug-likeness (QED) is 0.597. The predicted molar refractivity (Wildman–Crippen MR) is 75.5 cm³/mol. The van der Waals surface area contributed by atoms with Gasteiger partial charge in [-0.1, -0.05) is 41.5 Å². The molecular weight excluding hydrogens is 212 g/mol. The van der Waals surface area contributed by atoms with Gasteiger partial charge in [-0.05, 0) is 13.1 Å². The van der Waals surface area contributed by atoms with E-state index in [1.54, 1.807) is 0 Å². The summed E-state index contributed by atoms with van der Waals surface area (Å²) in [5.74, 6) is 0. The van der Waals surface area contributed by atoms with Crippen molar-refractivity contribution in [3.8, 4) is 0 Å². The van der Waals surface area contributed by atoms with Crippen LogP contribution in [0.2, 0.25) is 0 Å². The van der Waals surface area contributed by atoms with E-state index in [-0.39, 0.29) is 5.41 Å². The van der Waals surface area contributed by atoms with Crippen molar-refractivity contribution in [1.29, 1.82) is 0 Å².